The third-order valence-electron chi connectivity index (χ3n) is 4.77. The van der Waals surface area contributed by atoms with Crippen LogP contribution in [0.4, 0.5) is 11.4 Å². The summed E-state index contributed by atoms with van der Waals surface area (Å²) in [7, 11) is -1.25. The summed E-state index contributed by atoms with van der Waals surface area (Å²) >= 11 is 0. The van der Waals surface area contributed by atoms with E-state index in [2.05, 4.69) is 30.2 Å². The standard InChI is InChI=1S/C17H23N2OP.Y/c1-12-10-14(18-3)11-13(2)15(12)19-16(20)17(8-7-9-17)21(4,5)6;/h10-11H,7-9H2,1-2,4-6H3;/p+1. The van der Waals surface area contributed by atoms with E-state index in [-0.39, 0.29) is 43.8 Å². The molecule has 115 valence electrons. The number of aryl methyl sites for hydroxylation is 2. The first-order valence-electron chi connectivity index (χ1n) is 7.33. The van der Waals surface area contributed by atoms with Crippen LogP contribution in [0.15, 0.2) is 12.1 Å². The number of hydrogen-bond acceptors (Lipinski definition) is 1. The maximum Gasteiger partial charge on any atom is 0.268 e. The second-order valence-electron chi connectivity index (χ2n) is 6.92. The van der Waals surface area contributed by atoms with Crippen LogP contribution in [0, 0.1) is 20.4 Å². The zero-order valence-electron chi connectivity index (χ0n) is 14.2. The fraction of sp³-hybridized carbons (Fsp3) is 0.529. The van der Waals surface area contributed by atoms with Crippen LogP contribution >= 0.6 is 7.26 Å². The number of hydrogen-bond donors (Lipinski definition) is 1. The van der Waals surface area contributed by atoms with Crippen LogP contribution in [0.2, 0.25) is 0 Å². The van der Waals surface area contributed by atoms with E-state index in [0.717, 1.165) is 36.1 Å². The van der Waals surface area contributed by atoms with Gasteiger partial charge in [0, 0.05) is 65.7 Å². The molecule has 1 saturated carbocycles. The van der Waals surface area contributed by atoms with Gasteiger partial charge in [0.2, 0.25) is 0 Å². The monoisotopic (exact) mass is 392 g/mol. The van der Waals surface area contributed by atoms with E-state index >= 15 is 0 Å². The van der Waals surface area contributed by atoms with Gasteiger partial charge in [0.25, 0.3) is 5.91 Å². The van der Waals surface area contributed by atoms with Crippen molar-refractivity contribution in [2.45, 2.75) is 38.3 Å². The molecule has 0 aromatic heterocycles. The van der Waals surface area contributed by atoms with Crippen molar-refractivity contribution in [3.8, 4) is 0 Å². The molecule has 5 heteroatoms. The molecule has 1 fully saturated rings. The van der Waals surface area contributed by atoms with Crippen molar-refractivity contribution in [3.63, 3.8) is 0 Å². The SMILES string of the molecule is [C-]#[N+]c1cc(C)c(NC(=O)C2([P+](C)(C)C)CCC2)c(C)c1.[Y]. The smallest absolute Gasteiger partial charge is 0.268 e. The van der Waals surface area contributed by atoms with E-state index in [1.54, 1.807) is 0 Å². The molecular weight excluding hydrogens is 368 g/mol. The Morgan fingerprint density at radius 1 is 1.23 bits per heavy atom. The van der Waals surface area contributed by atoms with Gasteiger partial charge in [-0.15, -0.1) is 0 Å². The molecule has 0 bridgehead atoms. The number of amides is 1. The summed E-state index contributed by atoms with van der Waals surface area (Å²) in [5.41, 5.74) is 3.45. The van der Waals surface area contributed by atoms with Gasteiger partial charge >= 0.3 is 0 Å². The second-order valence-corrected chi connectivity index (χ2v) is 11.8. The van der Waals surface area contributed by atoms with Crippen LogP contribution in [-0.2, 0) is 37.5 Å². The average Bonchev–Trinajstić information content (AvgIpc) is 2.29. The van der Waals surface area contributed by atoms with Crippen molar-refractivity contribution in [3.05, 3.63) is 34.7 Å². The summed E-state index contributed by atoms with van der Waals surface area (Å²) < 4.78 is 0. The molecule has 1 radical (unpaired) electrons. The zero-order valence-corrected chi connectivity index (χ0v) is 17.9. The van der Waals surface area contributed by atoms with Crippen LogP contribution in [0.5, 0.6) is 0 Å². The minimum absolute atomic E-state index is 0. The van der Waals surface area contributed by atoms with Gasteiger partial charge in [-0.1, -0.05) is 12.1 Å². The molecule has 1 aliphatic rings. The minimum atomic E-state index is -1.25. The maximum absolute atomic E-state index is 12.9. The summed E-state index contributed by atoms with van der Waals surface area (Å²) in [4.78, 5) is 16.3. The second kappa shape index (κ2) is 7.08. The van der Waals surface area contributed by atoms with E-state index in [9.17, 15) is 4.79 Å². The molecule has 0 aliphatic heterocycles. The van der Waals surface area contributed by atoms with Crippen LogP contribution in [0.3, 0.4) is 0 Å². The summed E-state index contributed by atoms with van der Waals surface area (Å²) in [6, 6.07) is 3.69. The van der Waals surface area contributed by atoms with Gasteiger partial charge in [-0.25, -0.2) is 4.85 Å². The van der Waals surface area contributed by atoms with Gasteiger partial charge in [0.1, 0.15) is 0 Å². The molecule has 1 aliphatic carbocycles. The summed E-state index contributed by atoms with van der Waals surface area (Å²) in [6.45, 7) is 17.8. The van der Waals surface area contributed by atoms with Crippen LogP contribution in [-0.4, -0.2) is 31.1 Å². The minimum Gasteiger partial charge on any atom is -0.322 e. The molecule has 1 N–H and O–H groups in total. The largest absolute Gasteiger partial charge is 0.322 e. The molecule has 1 amide bonds. The predicted octanol–water partition coefficient (Wildman–Crippen LogP) is 4.62. The van der Waals surface area contributed by atoms with Gasteiger partial charge in [-0.3, -0.25) is 4.79 Å². The van der Waals surface area contributed by atoms with Gasteiger partial charge in [-0.05, 0) is 44.2 Å². The summed E-state index contributed by atoms with van der Waals surface area (Å²) in [5.74, 6) is 0.177. The molecule has 22 heavy (non-hydrogen) atoms. The number of nitrogens with zero attached hydrogens (tertiary/aromatic N) is 1. The number of carbonyl (C=O) groups excluding carboxylic acids is 1. The fourth-order valence-electron chi connectivity index (χ4n) is 3.15. The third-order valence-corrected chi connectivity index (χ3v) is 7.99. The molecule has 2 rings (SSSR count). The first kappa shape index (κ1) is 19.8. The third kappa shape index (κ3) is 3.45. The van der Waals surface area contributed by atoms with E-state index < -0.39 is 7.26 Å². The molecule has 3 nitrogen and oxygen atoms in total. The first-order chi connectivity index (χ1) is 9.71. The molecule has 1 aromatic rings. The van der Waals surface area contributed by atoms with E-state index in [1.165, 1.54) is 0 Å². The van der Waals surface area contributed by atoms with Crippen molar-refractivity contribution in [2.24, 2.45) is 0 Å². The molecule has 1 aromatic carbocycles. The van der Waals surface area contributed by atoms with Gasteiger partial charge in [0.05, 0.1) is 6.57 Å². The Labute approximate surface area is 159 Å². The first-order valence-corrected chi connectivity index (χ1v) is 10.5. The van der Waals surface area contributed by atoms with E-state index in [1.807, 2.05) is 26.0 Å². The molecule has 0 spiro atoms. The van der Waals surface area contributed by atoms with Gasteiger partial charge in [-0.2, -0.15) is 0 Å². The number of benzene rings is 1. The zero-order chi connectivity index (χ0) is 15.8. The number of nitrogens with one attached hydrogen (secondary N) is 1. The molecular formula is C17H24N2OPY+. The number of anilines is 1. The van der Waals surface area contributed by atoms with Crippen LogP contribution in [0.1, 0.15) is 30.4 Å². The topological polar surface area (TPSA) is 33.5 Å². The van der Waals surface area contributed by atoms with Crippen LogP contribution < -0.4 is 5.32 Å². The van der Waals surface area contributed by atoms with Crippen molar-refractivity contribution in [2.75, 3.05) is 25.3 Å². The molecule has 0 heterocycles. The number of rotatable bonds is 3. The van der Waals surface area contributed by atoms with E-state index in [4.69, 9.17) is 6.57 Å². The maximum atomic E-state index is 12.9. The van der Waals surface area contributed by atoms with Crippen molar-refractivity contribution >= 4 is 24.5 Å². The fourth-order valence-corrected chi connectivity index (χ4v) is 5.47. The summed E-state index contributed by atoms with van der Waals surface area (Å²) in [6.07, 6.45) is 3.17. The molecule has 0 saturated heterocycles. The van der Waals surface area contributed by atoms with Crippen molar-refractivity contribution < 1.29 is 37.5 Å². The Kier molecular flexibility index (Phi) is 6.36. The Hall–Kier alpha value is -0.286. The van der Waals surface area contributed by atoms with Gasteiger partial charge < -0.3 is 5.32 Å². The molecule has 0 atom stereocenters. The predicted molar refractivity (Wildman–Crippen MR) is 92.1 cm³/mol. The van der Waals surface area contributed by atoms with Crippen LogP contribution in [0.25, 0.3) is 4.85 Å². The average molecular weight is 392 g/mol. The Morgan fingerprint density at radius 2 is 1.73 bits per heavy atom. The summed E-state index contributed by atoms with van der Waals surface area (Å²) in [5, 5.41) is 3.02. The van der Waals surface area contributed by atoms with Crippen molar-refractivity contribution in [1.82, 2.24) is 0 Å². The van der Waals surface area contributed by atoms with Crippen molar-refractivity contribution in [1.29, 1.82) is 0 Å². The van der Waals surface area contributed by atoms with Gasteiger partial charge in [0.15, 0.2) is 10.8 Å². The normalized spacial score (nSPS) is 16.0. The quantitative estimate of drug-likeness (QED) is 0.591. The van der Waals surface area contributed by atoms with E-state index in [0.29, 0.717) is 5.69 Å². The Bertz CT molecular complexity index is 602. The molecule has 0 unspecified atom stereocenters. The Balaban J connectivity index is 0.00000242. The Morgan fingerprint density at radius 3 is 2.05 bits per heavy atom. The number of carbonyl (C=O) groups is 1.